The number of rotatable bonds is 8. The number of carbonyl (C=O) groups is 1. The fourth-order valence-electron chi connectivity index (χ4n) is 4.27. The highest BCUT2D eigenvalue weighted by Gasteiger charge is 2.17. The molecule has 0 radical (unpaired) electrons. The Labute approximate surface area is 208 Å². The van der Waals surface area contributed by atoms with Crippen LogP contribution in [0.25, 0.3) is 11.3 Å². The third-order valence-electron chi connectivity index (χ3n) is 6.26. The number of hydrogen-bond acceptors (Lipinski definition) is 5. The van der Waals surface area contributed by atoms with Crippen molar-refractivity contribution in [2.24, 2.45) is 0 Å². The SMILES string of the molecule is CN1CCN(CCCN(C(=O)O)c2cccc(Cn3nc(-c4cc(F)cc(F)c4)ccc3=O)c2)CC1. The maximum Gasteiger partial charge on any atom is 0.411 e. The van der Waals surface area contributed by atoms with E-state index in [1.165, 1.54) is 21.7 Å². The Balaban J connectivity index is 1.47. The Morgan fingerprint density at radius 3 is 2.44 bits per heavy atom. The lowest BCUT2D eigenvalue weighted by atomic mass is 10.1. The summed E-state index contributed by atoms with van der Waals surface area (Å²) in [6.07, 6.45) is -0.344. The fraction of sp³-hybridized carbons (Fsp3) is 0.346. The van der Waals surface area contributed by atoms with Gasteiger partial charge in [-0.1, -0.05) is 12.1 Å². The summed E-state index contributed by atoms with van der Waals surface area (Å²) < 4.78 is 28.5. The van der Waals surface area contributed by atoms with Gasteiger partial charge in [0, 0.05) is 56.1 Å². The number of benzene rings is 2. The third-order valence-corrected chi connectivity index (χ3v) is 6.26. The second-order valence-corrected chi connectivity index (χ2v) is 8.98. The summed E-state index contributed by atoms with van der Waals surface area (Å²) in [7, 11) is 2.09. The van der Waals surface area contributed by atoms with Gasteiger partial charge in [0.05, 0.1) is 12.2 Å². The van der Waals surface area contributed by atoms with Crippen LogP contribution in [0.5, 0.6) is 0 Å². The Bertz CT molecular complexity index is 1250. The molecule has 1 aliphatic heterocycles. The smallest absolute Gasteiger partial charge is 0.411 e. The molecule has 0 saturated carbocycles. The summed E-state index contributed by atoms with van der Waals surface area (Å²) in [6.45, 7) is 5.21. The standard InChI is InChI=1S/C26H29F2N5O3/c1-30-10-12-31(13-11-30)8-3-9-32(26(35)36)23-5-2-4-19(14-23)18-33-25(34)7-6-24(29-33)20-15-21(27)17-22(28)16-20/h2,4-7,14-17H,3,8-13,18H2,1H3,(H,35,36). The fourth-order valence-corrected chi connectivity index (χ4v) is 4.27. The zero-order valence-electron chi connectivity index (χ0n) is 20.1. The predicted octanol–water partition coefficient (Wildman–Crippen LogP) is 3.36. The van der Waals surface area contributed by atoms with Crippen molar-refractivity contribution < 1.29 is 18.7 Å². The monoisotopic (exact) mass is 497 g/mol. The van der Waals surface area contributed by atoms with Crippen molar-refractivity contribution in [1.29, 1.82) is 0 Å². The number of piperazine rings is 1. The zero-order valence-corrected chi connectivity index (χ0v) is 20.1. The average molecular weight is 498 g/mol. The van der Waals surface area contributed by atoms with Crippen molar-refractivity contribution in [2.45, 2.75) is 13.0 Å². The van der Waals surface area contributed by atoms with Crippen LogP contribution in [-0.2, 0) is 6.54 Å². The molecule has 1 amide bonds. The van der Waals surface area contributed by atoms with E-state index in [0.29, 0.717) is 24.2 Å². The second-order valence-electron chi connectivity index (χ2n) is 8.98. The molecular weight excluding hydrogens is 468 g/mol. The Hall–Kier alpha value is -3.63. The molecule has 1 aromatic heterocycles. The van der Waals surface area contributed by atoms with Crippen LogP contribution in [0.2, 0.25) is 0 Å². The molecular formula is C26H29F2N5O3. The maximum atomic E-state index is 13.6. The molecule has 0 atom stereocenters. The second kappa shape index (κ2) is 11.4. The van der Waals surface area contributed by atoms with Crippen molar-refractivity contribution >= 4 is 11.8 Å². The van der Waals surface area contributed by atoms with E-state index in [1.54, 1.807) is 24.3 Å². The first-order valence-corrected chi connectivity index (χ1v) is 11.8. The van der Waals surface area contributed by atoms with Gasteiger partial charge in [0.2, 0.25) is 0 Å². The van der Waals surface area contributed by atoms with Crippen LogP contribution in [-0.4, -0.2) is 77.1 Å². The van der Waals surface area contributed by atoms with E-state index in [4.69, 9.17) is 0 Å². The molecule has 1 fully saturated rings. The molecule has 3 aromatic rings. The Kier molecular flexibility index (Phi) is 8.07. The molecule has 10 heteroatoms. The number of carboxylic acid groups (broad SMARTS) is 1. The molecule has 36 heavy (non-hydrogen) atoms. The summed E-state index contributed by atoms with van der Waals surface area (Å²) in [5, 5.41) is 14.1. The minimum Gasteiger partial charge on any atom is -0.465 e. The van der Waals surface area contributed by atoms with Gasteiger partial charge in [0.25, 0.3) is 5.56 Å². The molecule has 0 aliphatic carbocycles. The van der Waals surface area contributed by atoms with Gasteiger partial charge in [-0.05, 0) is 55.9 Å². The number of nitrogens with zero attached hydrogens (tertiary/aromatic N) is 5. The molecule has 2 heterocycles. The van der Waals surface area contributed by atoms with Gasteiger partial charge in [-0.15, -0.1) is 0 Å². The number of halogens is 2. The number of anilines is 1. The van der Waals surface area contributed by atoms with Crippen molar-refractivity contribution in [3.63, 3.8) is 0 Å². The van der Waals surface area contributed by atoms with Crippen molar-refractivity contribution in [2.75, 3.05) is 51.2 Å². The highest BCUT2D eigenvalue weighted by molar-refractivity contribution is 5.86. The molecule has 1 saturated heterocycles. The van der Waals surface area contributed by atoms with Crippen LogP contribution >= 0.6 is 0 Å². The summed E-state index contributed by atoms with van der Waals surface area (Å²) in [5.74, 6) is -1.47. The van der Waals surface area contributed by atoms with E-state index in [1.807, 2.05) is 0 Å². The predicted molar refractivity (Wildman–Crippen MR) is 133 cm³/mol. The minimum absolute atomic E-state index is 0.0765. The largest absolute Gasteiger partial charge is 0.465 e. The Morgan fingerprint density at radius 1 is 1.03 bits per heavy atom. The molecule has 0 unspecified atom stereocenters. The maximum absolute atomic E-state index is 13.6. The van der Waals surface area contributed by atoms with Crippen LogP contribution in [0.3, 0.4) is 0 Å². The summed E-state index contributed by atoms with van der Waals surface area (Å²) >= 11 is 0. The highest BCUT2D eigenvalue weighted by atomic mass is 19.1. The van der Waals surface area contributed by atoms with E-state index < -0.39 is 17.7 Å². The van der Waals surface area contributed by atoms with Gasteiger partial charge < -0.3 is 14.9 Å². The lowest BCUT2D eigenvalue weighted by Gasteiger charge is -2.32. The number of amides is 1. The molecule has 1 N–H and O–H groups in total. The lowest BCUT2D eigenvalue weighted by Crippen LogP contribution is -2.45. The first-order chi connectivity index (χ1) is 17.3. The molecule has 1 aliphatic rings. The topological polar surface area (TPSA) is 81.9 Å². The van der Waals surface area contributed by atoms with Gasteiger partial charge in [-0.25, -0.2) is 18.3 Å². The minimum atomic E-state index is -1.05. The van der Waals surface area contributed by atoms with Crippen molar-refractivity contribution in [1.82, 2.24) is 19.6 Å². The summed E-state index contributed by atoms with van der Waals surface area (Å²) in [5.41, 5.74) is 1.26. The quantitative estimate of drug-likeness (QED) is 0.514. The van der Waals surface area contributed by atoms with Gasteiger partial charge in [-0.3, -0.25) is 9.69 Å². The van der Waals surface area contributed by atoms with Gasteiger partial charge in [0.1, 0.15) is 11.6 Å². The molecule has 190 valence electrons. The molecule has 0 spiro atoms. The first kappa shape index (κ1) is 25.5. The Morgan fingerprint density at radius 2 is 1.75 bits per heavy atom. The van der Waals surface area contributed by atoms with Crippen LogP contribution in [0.1, 0.15) is 12.0 Å². The van der Waals surface area contributed by atoms with E-state index >= 15 is 0 Å². The van der Waals surface area contributed by atoms with Gasteiger partial charge >= 0.3 is 6.09 Å². The lowest BCUT2D eigenvalue weighted by molar-refractivity contribution is 0.153. The molecule has 8 nitrogen and oxygen atoms in total. The highest BCUT2D eigenvalue weighted by Crippen LogP contribution is 2.20. The van der Waals surface area contributed by atoms with E-state index in [2.05, 4.69) is 21.9 Å². The summed E-state index contributed by atoms with van der Waals surface area (Å²) in [6, 6.07) is 12.7. The average Bonchev–Trinajstić information content (AvgIpc) is 2.83. The third kappa shape index (κ3) is 6.52. The number of aromatic nitrogens is 2. The van der Waals surface area contributed by atoms with Crippen molar-refractivity contribution in [3.8, 4) is 11.3 Å². The molecule has 2 aromatic carbocycles. The molecule has 0 bridgehead atoms. The van der Waals surface area contributed by atoms with Crippen LogP contribution in [0.4, 0.5) is 19.3 Å². The first-order valence-electron chi connectivity index (χ1n) is 11.8. The van der Waals surface area contributed by atoms with E-state index in [-0.39, 0.29) is 23.4 Å². The van der Waals surface area contributed by atoms with Gasteiger partial charge in [-0.2, -0.15) is 5.10 Å². The number of likely N-dealkylation sites (N-methyl/N-ethyl adjacent to an activating group) is 1. The number of hydrogen-bond donors (Lipinski definition) is 1. The normalized spacial score (nSPS) is 14.6. The molecule has 4 rings (SSSR count). The van der Waals surface area contributed by atoms with Crippen molar-refractivity contribution in [3.05, 3.63) is 82.1 Å². The zero-order chi connectivity index (χ0) is 25.7. The van der Waals surface area contributed by atoms with Crippen LogP contribution in [0, 0.1) is 11.6 Å². The van der Waals surface area contributed by atoms with Crippen LogP contribution < -0.4 is 10.5 Å². The van der Waals surface area contributed by atoms with E-state index in [9.17, 15) is 23.5 Å². The van der Waals surface area contributed by atoms with Gasteiger partial charge in [0.15, 0.2) is 0 Å². The van der Waals surface area contributed by atoms with E-state index in [0.717, 1.165) is 50.9 Å². The van der Waals surface area contributed by atoms with Crippen LogP contribution in [0.15, 0.2) is 59.4 Å². The summed E-state index contributed by atoms with van der Waals surface area (Å²) in [4.78, 5) is 30.3.